The summed E-state index contributed by atoms with van der Waals surface area (Å²) in [6, 6.07) is 5.53. The van der Waals surface area contributed by atoms with E-state index < -0.39 is 42.1 Å². The molecule has 1 N–H and O–H groups in total. The van der Waals surface area contributed by atoms with Crippen molar-refractivity contribution >= 4 is 23.2 Å². The van der Waals surface area contributed by atoms with Crippen LogP contribution >= 0.6 is 0 Å². The first-order chi connectivity index (χ1) is 19.9. The van der Waals surface area contributed by atoms with Crippen molar-refractivity contribution in [1.82, 2.24) is 24.3 Å². The molecule has 2 aliphatic rings. The highest BCUT2D eigenvalue weighted by atomic mass is 19.4. The molecule has 1 unspecified atom stereocenters. The average molecular weight is 592 g/mol. The van der Waals surface area contributed by atoms with Crippen molar-refractivity contribution < 1.29 is 35.9 Å². The Morgan fingerprint density at radius 2 is 1.76 bits per heavy atom. The molecule has 3 aromatic heterocycles. The zero-order valence-corrected chi connectivity index (χ0v) is 22.1. The van der Waals surface area contributed by atoms with Crippen molar-refractivity contribution in [3.05, 3.63) is 65.5 Å². The fraction of sp³-hybridized carbons (Fsp3) is 0.370. The number of rotatable bonds is 6. The number of ether oxygens (including phenoxy) is 1. The molecule has 1 atom stereocenters. The first-order valence-corrected chi connectivity index (χ1v) is 13.0. The molecule has 0 saturated carbocycles. The summed E-state index contributed by atoms with van der Waals surface area (Å²) in [5.74, 6) is -5.23. The van der Waals surface area contributed by atoms with Gasteiger partial charge < -0.3 is 19.4 Å². The van der Waals surface area contributed by atoms with E-state index in [2.05, 4.69) is 20.3 Å². The largest absolute Gasteiger partial charge is 0.453 e. The van der Waals surface area contributed by atoms with Gasteiger partial charge in [-0.25, -0.2) is 24.3 Å². The van der Waals surface area contributed by atoms with Gasteiger partial charge in [-0.05, 0) is 31.0 Å². The molecular weight excluding hydrogens is 568 g/mol. The molecule has 2 aliphatic heterocycles. The molecule has 0 bridgehead atoms. The number of nitrogens with zero attached hydrogens (tertiary/aromatic N) is 6. The van der Waals surface area contributed by atoms with Crippen LogP contribution in [0.25, 0.3) is 17.2 Å². The molecule has 0 radical (unpaired) electrons. The Hall–Kier alpha value is -4.27. The van der Waals surface area contributed by atoms with Gasteiger partial charge in [-0.2, -0.15) is 22.0 Å². The van der Waals surface area contributed by atoms with Crippen molar-refractivity contribution in [2.24, 2.45) is 0 Å². The number of nitrogens with one attached hydrogen (secondary N) is 1. The minimum absolute atomic E-state index is 0.0123. The lowest BCUT2D eigenvalue weighted by molar-refractivity contribution is -0.284. The third kappa shape index (κ3) is 4.61. The first kappa shape index (κ1) is 27.9. The Morgan fingerprint density at radius 3 is 2.45 bits per heavy atom. The van der Waals surface area contributed by atoms with Crippen molar-refractivity contribution in [3.8, 4) is 11.5 Å². The van der Waals surface area contributed by atoms with E-state index in [1.807, 2.05) is 4.90 Å². The van der Waals surface area contributed by atoms with Crippen LogP contribution in [-0.2, 0) is 21.4 Å². The highest BCUT2D eigenvalue weighted by molar-refractivity contribution is 6.09. The first-order valence-electron chi connectivity index (χ1n) is 13.0. The summed E-state index contributed by atoms with van der Waals surface area (Å²) >= 11 is 0. The van der Waals surface area contributed by atoms with E-state index in [1.54, 1.807) is 6.92 Å². The number of aromatic nitrogens is 5. The molecule has 5 heterocycles. The zero-order valence-electron chi connectivity index (χ0n) is 22.1. The van der Waals surface area contributed by atoms with Gasteiger partial charge in [0.1, 0.15) is 28.6 Å². The molecule has 42 heavy (non-hydrogen) atoms. The number of benzene rings is 1. The summed E-state index contributed by atoms with van der Waals surface area (Å²) in [7, 11) is 0. The van der Waals surface area contributed by atoms with Crippen LogP contribution in [0.15, 0.2) is 42.9 Å². The number of aryl methyl sites for hydroxylation is 1. The van der Waals surface area contributed by atoms with Crippen LogP contribution in [-0.4, -0.2) is 68.6 Å². The number of fused-ring (bicyclic) bond motifs is 2. The van der Waals surface area contributed by atoms with Gasteiger partial charge in [0.2, 0.25) is 5.91 Å². The van der Waals surface area contributed by atoms with Gasteiger partial charge in [0.05, 0.1) is 24.5 Å². The smallest absolute Gasteiger partial charge is 0.378 e. The Bertz CT molecular complexity index is 1670. The maximum atomic E-state index is 13.8. The number of halogens is 6. The summed E-state index contributed by atoms with van der Waals surface area (Å²) in [5.41, 5.74) is -0.226. The number of alkyl halides is 5. The van der Waals surface area contributed by atoms with Crippen LogP contribution in [0.4, 0.5) is 38.0 Å². The van der Waals surface area contributed by atoms with Crippen LogP contribution < -0.4 is 10.2 Å². The fourth-order valence-corrected chi connectivity index (χ4v) is 5.21. The van der Waals surface area contributed by atoms with E-state index in [9.17, 15) is 31.1 Å². The van der Waals surface area contributed by atoms with E-state index in [-0.39, 0.29) is 28.7 Å². The van der Waals surface area contributed by atoms with E-state index in [0.717, 1.165) is 0 Å². The number of amides is 1. The zero-order chi connectivity index (χ0) is 29.9. The molecule has 0 aliphatic carbocycles. The quantitative estimate of drug-likeness (QED) is 0.329. The van der Waals surface area contributed by atoms with Gasteiger partial charge in [-0.15, -0.1) is 0 Å². The van der Waals surface area contributed by atoms with Crippen LogP contribution in [0.3, 0.4) is 0 Å². The van der Waals surface area contributed by atoms with Crippen molar-refractivity contribution in [3.63, 3.8) is 0 Å². The Morgan fingerprint density at radius 1 is 1.05 bits per heavy atom. The molecule has 1 fully saturated rings. The Kier molecular flexibility index (Phi) is 6.59. The number of anilines is 2. The van der Waals surface area contributed by atoms with Crippen LogP contribution in [0, 0.1) is 5.82 Å². The van der Waals surface area contributed by atoms with E-state index in [1.165, 1.54) is 47.3 Å². The molecular formula is C27H23F6N7O2. The molecule has 0 spiro atoms. The summed E-state index contributed by atoms with van der Waals surface area (Å²) in [6.07, 6.45) is -3.61. The standard InChI is InChI=1S/C27H23F6N7O2/c1-25(15-2-4-16(28)5-3-15)19-21(38-24(25)41)36-20(37-23(19)39-10-12-42-13-11-39)18-14-40-9-8-34-22(40)17(35-18)6-7-26(29,30)27(31,32)33/h2-5,8-9,14H,6-7,10-13H2,1H3,(H,36,37,38,41). The van der Waals surface area contributed by atoms with Gasteiger partial charge in [0.15, 0.2) is 11.5 Å². The lowest BCUT2D eigenvalue weighted by atomic mass is 9.77. The third-order valence-corrected chi connectivity index (χ3v) is 7.57. The van der Waals surface area contributed by atoms with Crippen LogP contribution in [0.1, 0.15) is 30.2 Å². The maximum Gasteiger partial charge on any atom is 0.453 e. The molecule has 6 rings (SSSR count). The van der Waals surface area contributed by atoms with Crippen molar-refractivity contribution in [2.45, 2.75) is 37.3 Å². The second-order valence-corrected chi connectivity index (χ2v) is 10.2. The molecule has 1 aromatic carbocycles. The van der Waals surface area contributed by atoms with Gasteiger partial charge in [0.25, 0.3) is 0 Å². The molecule has 1 amide bonds. The monoisotopic (exact) mass is 591 g/mol. The number of hydrogen-bond acceptors (Lipinski definition) is 7. The van der Waals surface area contributed by atoms with Gasteiger partial charge in [-0.1, -0.05) is 12.1 Å². The fourth-order valence-electron chi connectivity index (χ4n) is 5.21. The molecule has 15 heteroatoms. The number of imidazole rings is 1. The van der Waals surface area contributed by atoms with E-state index >= 15 is 0 Å². The molecule has 1 saturated heterocycles. The second kappa shape index (κ2) is 9.93. The lowest BCUT2D eigenvalue weighted by Crippen LogP contribution is -2.40. The van der Waals surface area contributed by atoms with Crippen LogP contribution in [0.5, 0.6) is 0 Å². The summed E-state index contributed by atoms with van der Waals surface area (Å²) < 4.78 is 86.7. The van der Waals surface area contributed by atoms with Crippen molar-refractivity contribution in [2.75, 3.05) is 36.5 Å². The minimum atomic E-state index is -5.71. The summed E-state index contributed by atoms with van der Waals surface area (Å²) in [5, 5.41) is 2.79. The Balaban J connectivity index is 1.48. The summed E-state index contributed by atoms with van der Waals surface area (Å²) in [4.78, 5) is 33.1. The van der Waals surface area contributed by atoms with Crippen molar-refractivity contribution in [1.29, 1.82) is 0 Å². The number of morpholine rings is 1. The van der Waals surface area contributed by atoms with Gasteiger partial charge in [-0.3, -0.25) is 4.79 Å². The maximum absolute atomic E-state index is 13.8. The highest BCUT2D eigenvalue weighted by Gasteiger charge is 2.56. The Labute approximate surface area is 234 Å². The number of hydrogen-bond donors (Lipinski definition) is 1. The SMILES string of the molecule is CC1(c2ccc(F)cc2)C(=O)Nc2nc(-c3cn4ccnc4c(CCC(F)(F)C(F)(F)F)n3)nc(N3CCOCC3)c21. The molecule has 4 aromatic rings. The average Bonchev–Trinajstić information content (AvgIpc) is 3.54. The second-order valence-electron chi connectivity index (χ2n) is 10.2. The predicted octanol–water partition coefficient (Wildman–Crippen LogP) is 4.55. The topological polar surface area (TPSA) is 97.5 Å². The van der Waals surface area contributed by atoms with E-state index in [0.29, 0.717) is 43.2 Å². The summed E-state index contributed by atoms with van der Waals surface area (Å²) in [6.45, 7) is 3.33. The number of carbonyl (C=O) groups excluding carboxylic acids is 1. The van der Waals surface area contributed by atoms with Gasteiger partial charge >= 0.3 is 12.1 Å². The van der Waals surface area contributed by atoms with Crippen LogP contribution in [0.2, 0.25) is 0 Å². The lowest BCUT2D eigenvalue weighted by Gasteiger charge is -2.32. The number of carbonyl (C=O) groups is 1. The molecule has 9 nitrogen and oxygen atoms in total. The van der Waals surface area contributed by atoms with E-state index in [4.69, 9.17) is 9.72 Å². The predicted molar refractivity (Wildman–Crippen MR) is 138 cm³/mol. The third-order valence-electron chi connectivity index (χ3n) is 7.57. The minimum Gasteiger partial charge on any atom is -0.378 e. The highest BCUT2D eigenvalue weighted by Crippen LogP contribution is 2.47. The normalized spacial score (nSPS) is 19.3. The molecule has 220 valence electrons. The van der Waals surface area contributed by atoms with Gasteiger partial charge in [0, 0.05) is 38.1 Å².